The van der Waals surface area contributed by atoms with Crippen LogP contribution in [0, 0.1) is 0 Å². The van der Waals surface area contributed by atoms with Crippen LogP contribution >= 0.6 is 11.3 Å². The highest BCUT2D eigenvalue weighted by Crippen LogP contribution is 2.12. The number of carbonyl (C=O) groups excluding carboxylic acids is 2. The molecule has 1 heterocycles. The van der Waals surface area contributed by atoms with Crippen LogP contribution in [0.4, 0.5) is 5.13 Å². The molecule has 16 heavy (non-hydrogen) atoms. The zero-order chi connectivity index (χ0) is 12.1. The van der Waals surface area contributed by atoms with Gasteiger partial charge in [0.15, 0.2) is 5.13 Å². The molecule has 1 rings (SSSR count). The molecule has 0 unspecified atom stereocenters. The van der Waals surface area contributed by atoms with Crippen LogP contribution in [0.5, 0.6) is 0 Å². The molecule has 0 atom stereocenters. The first-order valence-corrected chi connectivity index (χ1v) is 5.65. The van der Waals surface area contributed by atoms with Gasteiger partial charge in [-0.15, -0.1) is 11.3 Å². The zero-order valence-corrected chi connectivity index (χ0v) is 10.0. The van der Waals surface area contributed by atoms with Crippen molar-refractivity contribution in [2.24, 2.45) is 0 Å². The second-order valence-corrected chi connectivity index (χ2v) is 4.08. The summed E-state index contributed by atoms with van der Waals surface area (Å²) < 4.78 is 0. The smallest absolute Gasteiger partial charge is 0.273 e. The van der Waals surface area contributed by atoms with E-state index in [1.807, 2.05) is 6.92 Å². The fourth-order valence-corrected chi connectivity index (χ4v) is 1.66. The van der Waals surface area contributed by atoms with Crippen molar-refractivity contribution in [1.29, 1.82) is 0 Å². The zero-order valence-electron chi connectivity index (χ0n) is 9.19. The van der Waals surface area contributed by atoms with E-state index in [9.17, 15) is 9.59 Å². The van der Waals surface area contributed by atoms with Crippen molar-refractivity contribution in [3.05, 3.63) is 11.1 Å². The number of nitrogen functional groups attached to an aromatic ring is 1. The van der Waals surface area contributed by atoms with Gasteiger partial charge in [-0.1, -0.05) is 0 Å². The van der Waals surface area contributed by atoms with Crippen molar-refractivity contribution in [1.82, 2.24) is 15.2 Å². The third-order valence-corrected chi connectivity index (χ3v) is 2.52. The van der Waals surface area contributed by atoms with Crippen LogP contribution < -0.4 is 11.1 Å². The van der Waals surface area contributed by atoms with E-state index in [0.717, 1.165) is 0 Å². The molecule has 0 saturated heterocycles. The van der Waals surface area contributed by atoms with Crippen LogP contribution in [0.3, 0.4) is 0 Å². The highest BCUT2D eigenvalue weighted by Gasteiger charge is 2.16. The SMILES string of the molecule is CCNC(=O)CN(C)C(=O)c1csc(N)n1. The van der Waals surface area contributed by atoms with Gasteiger partial charge in [0.05, 0.1) is 6.54 Å². The minimum absolute atomic E-state index is 0.0180. The maximum absolute atomic E-state index is 11.7. The molecular formula is C9H14N4O2S. The summed E-state index contributed by atoms with van der Waals surface area (Å²) in [6, 6.07) is 0. The fraction of sp³-hybridized carbons (Fsp3) is 0.444. The molecule has 0 spiro atoms. The summed E-state index contributed by atoms with van der Waals surface area (Å²) >= 11 is 1.20. The molecule has 6 nitrogen and oxygen atoms in total. The van der Waals surface area contributed by atoms with E-state index < -0.39 is 0 Å². The molecule has 1 aromatic rings. The van der Waals surface area contributed by atoms with E-state index in [-0.39, 0.29) is 24.1 Å². The topological polar surface area (TPSA) is 88.3 Å². The number of thiazole rings is 1. The van der Waals surface area contributed by atoms with E-state index in [4.69, 9.17) is 5.73 Å². The Bertz CT molecular complexity index is 391. The van der Waals surface area contributed by atoms with Gasteiger partial charge in [-0.25, -0.2) is 4.98 Å². The minimum atomic E-state index is -0.306. The van der Waals surface area contributed by atoms with Crippen LogP contribution in [0.2, 0.25) is 0 Å². The molecule has 0 aliphatic heterocycles. The lowest BCUT2D eigenvalue weighted by molar-refractivity contribution is -0.121. The van der Waals surface area contributed by atoms with Crippen LogP contribution in [-0.2, 0) is 4.79 Å². The Morgan fingerprint density at radius 3 is 2.81 bits per heavy atom. The summed E-state index contributed by atoms with van der Waals surface area (Å²) in [5.74, 6) is -0.499. The van der Waals surface area contributed by atoms with Crippen molar-refractivity contribution in [3.63, 3.8) is 0 Å². The first-order chi connectivity index (χ1) is 7.54. The van der Waals surface area contributed by atoms with Gasteiger partial charge in [0, 0.05) is 19.0 Å². The van der Waals surface area contributed by atoms with Gasteiger partial charge in [0.1, 0.15) is 5.69 Å². The number of nitrogens with zero attached hydrogens (tertiary/aromatic N) is 2. The molecular weight excluding hydrogens is 228 g/mol. The predicted octanol–water partition coefficient (Wildman–Crippen LogP) is -0.0666. The molecule has 1 aromatic heterocycles. The molecule has 7 heteroatoms. The number of aromatic nitrogens is 1. The Balaban J connectivity index is 2.57. The van der Waals surface area contributed by atoms with E-state index >= 15 is 0 Å². The van der Waals surface area contributed by atoms with Crippen molar-refractivity contribution in [3.8, 4) is 0 Å². The Labute approximate surface area is 97.5 Å². The molecule has 0 aliphatic rings. The van der Waals surface area contributed by atoms with E-state index in [2.05, 4.69) is 10.3 Å². The minimum Gasteiger partial charge on any atom is -0.375 e. The van der Waals surface area contributed by atoms with Gasteiger partial charge >= 0.3 is 0 Å². The monoisotopic (exact) mass is 242 g/mol. The molecule has 0 aliphatic carbocycles. The summed E-state index contributed by atoms with van der Waals surface area (Å²) in [4.78, 5) is 28.1. The average Bonchev–Trinajstić information content (AvgIpc) is 2.64. The van der Waals surface area contributed by atoms with Gasteiger partial charge in [0.25, 0.3) is 5.91 Å². The number of nitrogens with two attached hydrogens (primary N) is 1. The largest absolute Gasteiger partial charge is 0.375 e. The van der Waals surface area contributed by atoms with Crippen LogP contribution in [0.15, 0.2) is 5.38 Å². The standard InChI is InChI=1S/C9H14N4O2S/c1-3-11-7(14)4-13(2)8(15)6-5-16-9(10)12-6/h5H,3-4H2,1-2H3,(H2,10,12)(H,11,14). The molecule has 88 valence electrons. The van der Waals surface area contributed by atoms with Crippen molar-refractivity contribution in [2.45, 2.75) is 6.92 Å². The maximum atomic E-state index is 11.7. The summed E-state index contributed by atoms with van der Waals surface area (Å²) in [7, 11) is 1.55. The Hall–Kier alpha value is -1.63. The number of nitrogens with one attached hydrogen (secondary N) is 1. The Kier molecular flexibility index (Phi) is 4.24. The second-order valence-electron chi connectivity index (χ2n) is 3.19. The number of hydrogen-bond acceptors (Lipinski definition) is 5. The van der Waals surface area contributed by atoms with Gasteiger partial charge < -0.3 is 16.0 Å². The number of anilines is 1. The number of likely N-dealkylation sites (N-methyl/N-ethyl adjacent to an activating group) is 2. The molecule has 0 radical (unpaired) electrons. The lowest BCUT2D eigenvalue weighted by Gasteiger charge is -2.14. The van der Waals surface area contributed by atoms with E-state index in [0.29, 0.717) is 11.7 Å². The van der Waals surface area contributed by atoms with E-state index in [1.165, 1.54) is 16.2 Å². The van der Waals surface area contributed by atoms with Crippen molar-refractivity contribution >= 4 is 28.3 Å². The van der Waals surface area contributed by atoms with E-state index in [1.54, 1.807) is 12.4 Å². The lowest BCUT2D eigenvalue weighted by atomic mass is 10.4. The quantitative estimate of drug-likeness (QED) is 0.773. The van der Waals surface area contributed by atoms with Crippen LogP contribution in [0.25, 0.3) is 0 Å². The van der Waals surface area contributed by atoms with Crippen molar-refractivity contribution < 1.29 is 9.59 Å². The first-order valence-electron chi connectivity index (χ1n) is 4.77. The third-order valence-electron chi connectivity index (χ3n) is 1.84. The summed E-state index contributed by atoms with van der Waals surface area (Å²) in [6.07, 6.45) is 0. The molecule has 3 N–H and O–H groups in total. The Morgan fingerprint density at radius 2 is 2.31 bits per heavy atom. The summed E-state index contributed by atoms with van der Waals surface area (Å²) in [5.41, 5.74) is 5.70. The van der Waals surface area contributed by atoms with Gasteiger partial charge in [-0.05, 0) is 6.92 Å². The van der Waals surface area contributed by atoms with Crippen molar-refractivity contribution in [2.75, 3.05) is 25.9 Å². The molecule has 0 bridgehead atoms. The maximum Gasteiger partial charge on any atom is 0.273 e. The first kappa shape index (κ1) is 12.4. The fourth-order valence-electron chi connectivity index (χ4n) is 1.12. The third kappa shape index (κ3) is 3.20. The molecule has 0 fully saturated rings. The molecule has 2 amide bonds. The van der Waals surface area contributed by atoms with Crippen LogP contribution in [0.1, 0.15) is 17.4 Å². The average molecular weight is 242 g/mol. The summed E-state index contributed by atoms with van der Waals surface area (Å²) in [6.45, 7) is 2.38. The Morgan fingerprint density at radius 1 is 1.62 bits per heavy atom. The number of rotatable bonds is 4. The van der Waals surface area contributed by atoms with Gasteiger partial charge in [-0.3, -0.25) is 9.59 Å². The van der Waals surface area contributed by atoms with Crippen LogP contribution in [-0.4, -0.2) is 41.8 Å². The summed E-state index contributed by atoms with van der Waals surface area (Å²) in [5, 5.41) is 4.53. The van der Waals surface area contributed by atoms with Gasteiger partial charge in [-0.2, -0.15) is 0 Å². The lowest BCUT2D eigenvalue weighted by Crippen LogP contribution is -2.38. The number of amides is 2. The highest BCUT2D eigenvalue weighted by atomic mass is 32.1. The number of carbonyl (C=O) groups is 2. The molecule has 0 aromatic carbocycles. The van der Waals surface area contributed by atoms with Gasteiger partial charge in [0.2, 0.25) is 5.91 Å². The highest BCUT2D eigenvalue weighted by molar-refractivity contribution is 7.13. The molecule has 0 saturated carbocycles. The normalized spacial score (nSPS) is 9.88. The number of hydrogen-bond donors (Lipinski definition) is 2. The second kappa shape index (κ2) is 5.45. The predicted molar refractivity (Wildman–Crippen MR) is 62.2 cm³/mol.